The van der Waals surface area contributed by atoms with Gasteiger partial charge < -0.3 is 10.0 Å². The zero-order valence-corrected chi connectivity index (χ0v) is 27.7. The molecule has 0 heterocycles. The van der Waals surface area contributed by atoms with E-state index in [1.165, 1.54) is 24.9 Å². The predicted molar refractivity (Wildman–Crippen MR) is 166 cm³/mol. The van der Waals surface area contributed by atoms with E-state index in [2.05, 4.69) is 15.2 Å². The molecule has 49 heavy (non-hydrogen) atoms. The molecule has 15 heteroatoms. The van der Waals surface area contributed by atoms with Crippen LogP contribution in [0, 0.1) is 18.8 Å². The van der Waals surface area contributed by atoms with Gasteiger partial charge in [0.25, 0.3) is 0 Å². The lowest BCUT2D eigenvalue weighted by atomic mass is 9.74. The molecule has 0 amide bonds. The third-order valence-electron chi connectivity index (χ3n) is 8.93. The second-order valence-corrected chi connectivity index (χ2v) is 12.5. The van der Waals surface area contributed by atoms with Crippen LogP contribution in [0.5, 0.6) is 0 Å². The van der Waals surface area contributed by atoms with Crippen LogP contribution < -0.4 is 0 Å². The van der Waals surface area contributed by atoms with Crippen molar-refractivity contribution in [2.45, 2.75) is 103 Å². The lowest BCUT2D eigenvalue weighted by Gasteiger charge is -2.32. The molecule has 0 saturated heterocycles. The standard InChI is InChI=1S/C34H41F9N4O2/c1-5-24(12-21-7-9-22(10-8-21)15-30(48)49)28-11-20(3)29(34(41,42)43)16-25(28)19-47(31(45-6-2)46-44-4)18-23-13-26(32(35,36)37)17-27(14-23)33(38,39)40/h11,13-14,16-17,21-22,24H,5-10,12,15,18-19H2,1-4H3,(H,48,49). The molecule has 1 saturated carbocycles. The summed E-state index contributed by atoms with van der Waals surface area (Å²) in [5, 5.41) is 16.8. The Morgan fingerprint density at radius 3 is 1.90 bits per heavy atom. The molecule has 0 aliphatic heterocycles. The molecule has 2 aromatic rings. The number of carbonyl (C=O) groups is 1. The molecule has 6 nitrogen and oxygen atoms in total. The van der Waals surface area contributed by atoms with Crippen molar-refractivity contribution in [3.63, 3.8) is 0 Å². The average molecular weight is 709 g/mol. The number of halogens is 9. The van der Waals surface area contributed by atoms with E-state index in [-0.39, 0.29) is 60.4 Å². The Labute approximate surface area is 279 Å². The molecular weight excluding hydrogens is 667 g/mol. The minimum absolute atomic E-state index is 0.00923. The van der Waals surface area contributed by atoms with Crippen molar-refractivity contribution >= 4 is 11.9 Å². The van der Waals surface area contributed by atoms with E-state index in [1.54, 1.807) is 6.92 Å². The highest BCUT2D eigenvalue weighted by Crippen LogP contribution is 2.42. The van der Waals surface area contributed by atoms with Gasteiger partial charge in [-0.3, -0.25) is 9.79 Å². The quantitative estimate of drug-likeness (QED) is 0.109. The monoisotopic (exact) mass is 708 g/mol. The Morgan fingerprint density at radius 1 is 0.857 bits per heavy atom. The van der Waals surface area contributed by atoms with Crippen LogP contribution in [0.2, 0.25) is 0 Å². The number of hydrogen-bond donors (Lipinski definition) is 1. The molecule has 1 fully saturated rings. The van der Waals surface area contributed by atoms with E-state index in [0.29, 0.717) is 30.5 Å². The molecular formula is C34H41F9N4O2. The molecule has 0 bridgehead atoms. The molecule has 1 aliphatic carbocycles. The van der Waals surface area contributed by atoms with E-state index >= 15 is 0 Å². The maximum absolute atomic E-state index is 14.2. The Hall–Kier alpha value is -3.65. The minimum Gasteiger partial charge on any atom is -0.481 e. The number of rotatable bonds is 11. The number of guanidine groups is 1. The van der Waals surface area contributed by atoms with Gasteiger partial charge in [-0.05, 0) is 104 Å². The molecule has 1 N–H and O–H groups in total. The predicted octanol–water partition coefficient (Wildman–Crippen LogP) is 10.7. The Bertz CT molecular complexity index is 1460. The first-order valence-electron chi connectivity index (χ1n) is 16.1. The van der Waals surface area contributed by atoms with E-state index in [9.17, 15) is 44.3 Å². The van der Waals surface area contributed by atoms with Crippen molar-refractivity contribution in [1.82, 2.24) is 4.90 Å². The summed E-state index contributed by atoms with van der Waals surface area (Å²) in [4.78, 5) is 16.6. The summed E-state index contributed by atoms with van der Waals surface area (Å²) in [5.41, 5.74) is -3.63. The second kappa shape index (κ2) is 16.4. The molecule has 1 atom stereocenters. The zero-order chi connectivity index (χ0) is 36.7. The summed E-state index contributed by atoms with van der Waals surface area (Å²) in [5.74, 6) is -1.01. The lowest BCUT2D eigenvalue weighted by molar-refractivity contribution is -0.143. The summed E-state index contributed by atoms with van der Waals surface area (Å²) in [6.07, 6.45) is -10.7. The number of carboxylic acids is 1. The van der Waals surface area contributed by atoms with Crippen molar-refractivity contribution in [2.75, 3.05) is 13.6 Å². The number of aliphatic carboxylic acids is 1. The van der Waals surface area contributed by atoms with E-state index in [1.807, 2.05) is 6.92 Å². The topological polar surface area (TPSA) is 77.6 Å². The van der Waals surface area contributed by atoms with Gasteiger partial charge in [0.15, 0.2) is 0 Å². The maximum atomic E-state index is 14.2. The Balaban J connectivity index is 2.13. The highest BCUT2D eigenvalue weighted by molar-refractivity contribution is 5.80. The highest BCUT2D eigenvalue weighted by Gasteiger charge is 2.38. The van der Waals surface area contributed by atoms with Gasteiger partial charge in [-0.25, -0.2) is 0 Å². The lowest BCUT2D eigenvalue weighted by Crippen LogP contribution is -2.30. The van der Waals surface area contributed by atoms with Gasteiger partial charge in [0, 0.05) is 33.1 Å². The number of benzene rings is 2. The zero-order valence-electron chi connectivity index (χ0n) is 27.7. The summed E-state index contributed by atoms with van der Waals surface area (Å²) in [6, 6.07) is 3.60. The summed E-state index contributed by atoms with van der Waals surface area (Å²) >= 11 is 0. The van der Waals surface area contributed by atoms with Crippen LogP contribution in [0.25, 0.3) is 0 Å². The van der Waals surface area contributed by atoms with Crippen molar-refractivity contribution < 1.29 is 49.4 Å². The van der Waals surface area contributed by atoms with Gasteiger partial charge in [-0.2, -0.15) is 44.6 Å². The average Bonchev–Trinajstić information content (AvgIpc) is 2.99. The number of aliphatic imine (C=N–C) groups is 1. The van der Waals surface area contributed by atoms with Gasteiger partial charge in [-0.1, -0.05) is 25.8 Å². The van der Waals surface area contributed by atoms with Crippen LogP contribution in [0.1, 0.15) is 104 Å². The Morgan fingerprint density at radius 2 is 1.43 bits per heavy atom. The summed E-state index contributed by atoms with van der Waals surface area (Å²) in [6.45, 7) is 3.99. The van der Waals surface area contributed by atoms with Crippen molar-refractivity contribution in [3.8, 4) is 0 Å². The first-order chi connectivity index (χ1) is 22.8. The highest BCUT2D eigenvalue weighted by atomic mass is 19.4. The van der Waals surface area contributed by atoms with Crippen LogP contribution in [-0.2, 0) is 36.4 Å². The van der Waals surface area contributed by atoms with Gasteiger partial charge in [0.2, 0.25) is 5.96 Å². The van der Waals surface area contributed by atoms with E-state index in [0.717, 1.165) is 31.7 Å². The fourth-order valence-electron chi connectivity index (χ4n) is 6.59. The Kier molecular flexibility index (Phi) is 13.3. The number of nitrogens with zero attached hydrogens (tertiary/aromatic N) is 4. The first-order valence-corrected chi connectivity index (χ1v) is 16.1. The fourth-order valence-corrected chi connectivity index (χ4v) is 6.59. The fraction of sp³-hybridized carbons (Fsp3) is 0.588. The number of aryl methyl sites for hydroxylation is 1. The van der Waals surface area contributed by atoms with Gasteiger partial charge >= 0.3 is 24.5 Å². The smallest absolute Gasteiger partial charge is 0.416 e. The number of hydrogen-bond acceptors (Lipinski definition) is 3. The first kappa shape index (κ1) is 39.8. The van der Waals surface area contributed by atoms with Crippen LogP contribution >= 0.6 is 0 Å². The van der Waals surface area contributed by atoms with Crippen LogP contribution in [0.15, 0.2) is 45.6 Å². The molecule has 0 aromatic heterocycles. The molecule has 1 aliphatic rings. The number of alkyl halides is 9. The van der Waals surface area contributed by atoms with Crippen LogP contribution in [0.4, 0.5) is 39.5 Å². The van der Waals surface area contributed by atoms with Crippen LogP contribution in [0.3, 0.4) is 0 Å². The molecule has 3 rings (SSSR count). The number of azo groups is 1. The molecule has 1 unspecified atom stereocenters. The van der Waals surface area contributed by atoms with Gasteiger partial charge in [0.1, 0.15) is 0 Å². The minimum atomic E-state index is -5.10. The molecule has 0 spiro atoms. The summed E-state index contributed by atoms with van der Waals surface area (Å²) < 4.78 is 125. The normalized spacial score (nSPS) is 18.6. The second-order valence-electron chi connectivity index (χ2n) is 12.5. The van der Waals surface area contributed by atoms with Crippen LogP contribution in [-0.4, -0.2) is 35.5 Å². The third-order valence-corrected chi connectivity index (χ3v) is 8.93. The van der Waals surface area contributed by atoms with Gasteiger partial charge in [0.05, 0.1) is 16.7 Å². The summed E-state index contributed by atoms with van der Waals surface area (Å²) in [7, 11) is 1.28. The maximum Gasteiger partial charge on any atom is 0.416 e. The largest absolute Gasteiger partial charge is 0.481 e. The van der Waals surface area contributed by atoms with Gasteiger partial charge in [-0.15, -0.1) is 5.11 Å². The molecule has 2 aromatic carbocycles. The molecule has 0 radical (unpaired) electrons. The third kappa shape index (κ3) is 11.2. The van der Waals surface area contributed by atoms with E-state index in [4.69, 9.17) is 5.11 Å². The number of carboxylic acid groups (broad SMARTS) is 1. The van der Waals surface area contributed by atoms with Crippen molar-refractivity contribution in [3.05, 3.63) is 69.3 Å². The SMILES string of the molecule is CCN=C(N=NC)N(Cc1cc(C(F)(F)F)cc(C(F)(F)F)c1)Cc1cc(C(F)(F)F)c(C)cc1C(CC)CC1CCC(CC(=O)O)CC1. The van der Waals surface area contributed by atoms with Crippen molar-refractivity contribution in [1.29, 1.82) is 0 Å². The van der Waals surface area contributed by atoms with E-state index < -0.39 is 53.3 Å². The van der Waals surface area contributed by atoms with Crippen molar-refractivity contribution in [2.24, 2.45) is 27.1 Å². The molecule has 272 valence electrons.